The zero-order valence-corrected chi connectivity index (χ0v) is 48.8. The minimum atomic E-state index is -2.35. The molecule has 0 spiro atoms. The van der Waals surface area contributed by atoms with Crippen LogP contribution in [0.2, 0.25) is 54.4 Å². The van der Waals surface area contributed by atoms with Crippen LogP contribution in [0.1, 0.15) is 113 Å². The number of hydrogen-bond donors (Lipinski definition) is 4. The third-order valence-corrected chi connectivity index (χ3v) is 26.7. The summed E-state index contributed by atoms with van der Waals surface area (Å²) in [7, 11) is -6.72. The summed E-state index contributed by atoms with van der Waals surface area (Å²) in [5, 5.41) is 19.6. The lowest BCUT2D eigenvalue weighted by molar-refractivity contribution is -0.130. The van der Waals surface area contributed by atoms with Crippen LogP contribution >= 0.6 is 31.9 Å². The van der Waals surface area contributed by atoms with E-state index in [1.54, 1.807) is 27.7 Å². The first-order valence-electron chi connectivity index (χ1n) is 22.4. The smallest absolute Gasteiger partial charge is 0.250 e. The number of carbonyl (C=O) groups is 4. The summed E-state index contributed by atoms with van der Waals surface area (Å²) in [5.74, 6) is 0.327. The molecule has 3 amide bonds. The quantitative estimate of drug-likeness (QED) is 0.0756. The maximum absolute atomic E-state index is 14.1. The molecular formula is C48H81Br2N3O8Si3. The predicted octanol–water partition coefficient (Wildman–Crippen LogP) is 10.7. The maximum Gasteiger partial charge on any atom is 0.250 e. The molecular weight excluding hydrogens is 991 g/mol. The number of nitrogens with one attached hydrogen (secondary N) is 3. The van der Waals surface area contributed by atoms with Crippen molar-refractivity contribution in [1.29, 1.82) is 0 Å². The van der Waals surface area contributed by atoms with Crippen LogP contribution in [0.4, 0.5) is 0 Å². The van der Waals surface area contributed by atoms with Crippen LogP contribution in [0, 0.1) is 6.92 Å². The molecule has 4 N–H and O–H groups in total. The molecule has 0 aliphatic rings. The molecule has 0 heterocycles. The van der Waals surface area contributed by atoms with Crippen molar-refractivity contribution in [1.82, 2.24) is 16.0 Å². The van der Waals surface area contributed by atoms with E-state index in [1.807, 2.05) is 43.3 Å². The highest BCUT2D eigenvalue weighted by Gasteiger charge is 2.43. The Balaban J connectivity index is 2.40. The Labute approximate surface area is 405 Å². The van der Waals surface area contributed by atoms with Gasteiger partial charge >= 0.3 is 0 Å². The fourth-order valence-corrected chi connectivity index (χ4v) is 8.81. The Morgan fingerprint density at radius 2 is 0.969 bits per heavy atom. The summed E-state index contributed by atoms with van der Waals surface area (Å²) < 4.78 is 18.3. The number of alkyl halides is 2. The average molecular weight is 1070 g/mol. The van der Waals surface area contributed by atoms with Crippen molar-refractivity contribution in [3.05, 3.63) is 53.1 Å². The fraction of sp³-hybridized carbons (Fsp3) is 0.667. The van der Waals surface area contributed by atoms with E-state index in [0.717, 1.165) is 22.4 Å². The van der Waals surface area contributed by atoms with Crippen molar-refractivity contribution in [2.75, 3.05) is 6.54 Å². The van der Waals surface area contributed by atoms with Gasteiger partial charge in [0.25, 0.3) is 16.6 Å². The summed E-state index contributed by atoms with van der Waals surface area (Å²) in [6.07, 6.45) is -1.34. The van der Waals surface area contributed by atoms with Gasteiger partial charge in [-0.2, -0.15) is 0 Å². The molecule has 3 atom stereocenters. The van der Waals surface area contributed by atoms with E-state index in [1.165, 1.54) is 0 Å². The molecule has 2 aromatic rings. The van der Waals surface area contributed by atoms with Crippen molar-refractivity contribution in [2.45, 2.75) is 197 Å². The molecule has 0 saturated heterocycles. The van der Waals surface area contributed by atoms with E-state index in [4.69, 9.17) is 13.3 Å². The van der Waals surface area contributed by atoms with Gasteiger partial charge in [0.2, 0.25) is 26.0 Å². The number of ketones is 1. The Hall–Kier alpha value is -2.51. The topological polar surface area (TPSA) is 152 Å². The van der Waals surface area contributed by atoms with Crippen molar-refractivity contribution < 1.29 is 37.6 Å². The van der Waals surface area contributed by atoms with Gasteiger partial charge in [0.1, 0.15) is 23.3 Å². The molecule has 3 unspecified atom stereocenters. The van der Waals surface area contributed by atoms with Gasteiger partial charge in [-0.05, 0) is 130 Å². The second kappa shape index (κ2) is 21.2. The monoisotopic (exact) mass is 1070 g/mol. The Bertz CT molecular complexity index is 1970. The van der Waals surface area contributed by atoms with Crippen molar-refractivity contribution in [3.8, 4) is 17.2 Å². The lowest BCUT2D eigenvalue weighted by Gasteiger charge is -2.40. The lowest BCUT2D eigenvalue weighted by Crippen LogP contribution is -2.53. The molecule has 0 aromatic heterocycles. The zero-order valence-electron chi connectivity index (χ0n) is 42.6. The first kappa shape index (κ1) is 57.6. The van der Waals surface area contributed by atoms with E-state index in [9.17, 15) is 24.3 Å². The second-order valence-corrected chi connectivity index (χ2v) is 41.1. The molecule has 362 valence electrons. The van der Waals surface area contributed by atoms with Gasteiger partial charge < -0.3 is 34.3 Å². The fourth-order valence-electron chi connectivity index (χ4n) is 5.45. The summed E-state index contributed by atoms with van der Waals surface area (Å²) in [6, 6.07) is 9.47. The summed E-state index contributed by atoms with van der Waals surface area (Å²) in [4.78, 5) is 54.4. The molecule has 0 aliphatic carbocycles. The second-order valence-electron chi connectivity index (χ2n) is 22.9. The van der Waals surface area contributed by atoms with Gasteiger partial charge in [0, 0.05) is 19.4 Å². The third-order valence-electron chi connectivity index (χ3n) is 13.0. The van der Waals surface area contributed by atoms with E-state index in [-0.39, 0.29) is 46.8 Å². The van der Waals surface area contributed by atoms with Gasteiger partial charge in [0.15, 0.2) is 5.78 Å². The van der Waals surface area contributed by atoms with Gasteiger partial charge in [-0.1, -0.05) is 112 Å². The molecule has 16 heteroatoms. The molecule has 11 nitrogen and oxygen atoms in total. The van der Waals surface area contributed by atoms with E-state index < -0.39 is 69.4 Å². The summed E-state index contributed by atoms with van der Waals surface area (Å²) in [6.45, 7) is 41.1. The number of hydrogen-bond acceptors (Lipinski definition) is 8. The summed E-state index contributed by atoms with van der Waals surface area (Å²) in [5.41, 5.74) is 2.48. The molecule has 64 heavy (non-hydrogen) atoms. The first-order chi connectivity index (χ1) is 28.6. The zero-order chi connectivity index (χ0) is 49.8. The Morgan fingerprint density at radius 1 is 0.594 bits per heavy atom. The lowest BCUT2D eigenvalue weighted by atomic mass is 9.97. The molecule has 0 aliphatic heterocycles. The van der Waals surface area contributed by atoms with Gasteiger partial charge in [-0.25, -0.2) is 0 Å². The molecule has 0 fully saturated rings. The number of carbonyl (C=O) groups excluding carboxylic acids is 4. The number of Topliss-reactive ketones (excluding diaryl/α,β-unsaturated/α-hetero) is 1. The SMILES string of the molecule is Cc1cc(CC(NC(=O)C(C)(C)Br)C(=O)NCC(O)CC(=O)C(Cc2ccc(O[Si](C)(C)C(C)(C)C)c(O[Si](C)(C)C(C)(C)C)c2)NC(=O)C(C)(C)Br)ccc1O[Si](C)(C)C(C)(C)C. The van der Waals surface area contributed by atoms with Crippen LogP contribution < -0.4 is 29.2 Å². The van der Waals surface area contributed by atoms with Crippen molar-refractivity contribution in [3.63, 3.8) is 0 Å². The molecule has 2 aromatic carbocycles. The van der Waals surface area contributed by atoms with E-state index in [0.29, 0.717) is 11.5 Å². The predicted molar refractivity (Wildman–Crippen MR) is 277 cm³/mol. The van der Waals surface area contributed by atoms with Crippen LogP contribution in [0.5, 0.6) is 17.2 Å². The maximum atomic E-state index is 14.1. The van der Waals surface area contributed by atoms with Crippen LogP contribution in [-0.4, -0.2) is 86.9 Å². The largest absolute Gasteiger partial charge is 0.543 e. The number of aryl methyl sites for hydroxylation is 1. The standard InChI is InChI=1S/C48H81Br2N3O8Si3/c1-31-25-32(21-23-38(31)59-62(15,16)44(2,3)4)27-36(53-43(58)48(13,14)50)41(56)51-30-34(54)29-37(55)35(52-42(57)47(11,12)49)26-33-22-24-39(60-63(17,18)45(5,6)7)40(28-33)61-64(19,20)46(8,9)10/h21-25,28,34-36,54H,26-27,29-30H2,1-20H3,(H,51,56)(H,52,57)(H,53,58). The van der Waals surface area contributed by atoms with Crippen molar-refractivity contribution in [2.24, 2.45) is 0 Å². The van der Waals surface area contributed by atoms with Crippen LogP contribution in [-0.2, 0) is 32.0 Å². The number of halogens is 2. The van der Waals surface area contributed by atoms with Gasteiger partial charge in [-0.15, -0.1) is 0 Å². The van der Waals surface area contributed by atoms with Gasteiger partial charge in [0.05, 0.1) is 20.8 Å². The number of amides is 3. The highest BCUT2D eigenvalue weighted by atomic mass is 79.9. The number of benzene rings is 2. The highest BCUT2D eigenvalue weighted by Crippen LogP contribution is 2.44. The Kier molecular flexibility index (Phi) is 19.1. The number of rotatable bonds is 20. The van der Waals surface area contributed by atoms with Crippen LogP contribution in [0.3, 0.4) is 0 Å². The van der Waals surface area contributed by atoms with Crippen molar-refractivity contribution >= 4 is 80.3 Å². The summed E-state index contributed by atoms with van der Waals surface area (Å²) >= 11 is 6.82. The number of aliphatic hydroxyl groups excluding tert-OH is 1. The molecule has 0 saturated carbocycles. The number of aliphatic hydroxyl groups is 1. The minimum Gasteiger partial charge on any atom is -0.543 e. The van der Waals surface area contributed by atoms with Gasteiger partial charge in [-0.3, -0.25) is 19.2 Å². The first-order valence-corrected chi connectivity index (χ1v) is 32.7. The third kappa shape index (κ3) is 16.7. The molecule has 2 rings (SSSR count). The minimum absolute atomic E-state index is 0.0133. The van der Waals surface area contributed by atoms with Crippen LogP contribution in [0.25, 0.3) is 0 Å². The molecule has 0 bridgehead atoms. The normalized spacial score (nSPS) is 14.8. The highest BCUT2D eigenvalue weighted by molar-refractivity contribution is 9.10. The van der Waals surface area contributed by atoms with Crippen LogP contribution in [0.15, 0.2) is 36.4 Å². The average Bonchev–Trinajstić information content (AvgIpc) is 3.09. The molecule has 0 radical (unpaired) electrons. The Morgan fingerprint density at radius 3 is 1.39 bits per heavy atom. The van der Waals surface area contributed by atoms with E-state index in [2.05, 4.69) is 149 Å². The van der Waals surface area contributed by atoms with E-state index >= 15 is 0 Å².